The fourth-order valence-corrected chi connectivity index (χ4v) is 3.87. The highest BCUT2D eigenvalue weighted by Crippen LogP contribution is 2.26. The van der Waals surface area contributed by atoms with Gasteiger partial charge in [-0.3, -0.25) is 9.69 Å². The van der Waals surface area contributed by atoms with E-state index in [9.17, 15) is 4.79 Å². The molecule has 2 heterocycles. The topological polar surface area (TPSA) is 63.7 Å². The summed E-state index contributed by atoms with van der Waals surface area (Å²) in [5.41, 5.74) is 0.448. The van der Waals surface area contributed by atoms with Gasteiger partial charge in [0.1, 0.15) is 23.1 Å². The average molecular weight is 398 g/mol. The molecule has 0 saturated carbocycles. The summed E-state index contributed by atoms with van der Waals surface area (Å²) < 4.78 is 11.3. The molecule has 1 fully saturated rings. The maximum Gasteiger partial charge on any atom is 0.270 e. The second-order valence-corrected chi connectivity index (χ2v) is 7.55. The van der Waals surface area contributed by atoms with E-state index in [4.69, 9.17) is 9.47 Å². The van der Waals surface area contributed by atoms with E-state index in [1.54, 1.807) is 5.38 Å². The van der Waals surface area contributed by atoms with Crippen molar-refractivity contribution in [3.05, 3.63) is 58.5 Å². The van der Waals surface area contributed by atoms with Crippen molar-refractivity contribution in [2.45, 2.75) is 6.61 Å². The summed E-state index contributed by atoms with van der Waals surface area (Å²) in [5, 5.41) is 7.72. The number of rotatable bonds is 7. The number of aromatic nitrogens is 1. The highest BCUT2D eigenvalue weighted by Gasteiger charge is 2.13. The zero-order valence-electron chi connectivity index (χ0n) is 15.6. The van der Waals surface area contributed by atoms with Crippen LogP contribution in [-0.2, 0) is 11.3 Å². The minimum absolute atomic E-state index is 0.138. The minimum atomic E-state index is -0.138. The zero-order valence-corrected chi connectivity index (χ0v) is 16.4. The van der Waals surface area contributed by atoms with Crippen molar-refractivity contribution in [2.24, 2.45) is 0 Å². The Balaban J connectivity index is 1.29. The van der Waals surface area contributed by atoms with Crippen LogP contribution >= 0.6 is 11.3 Å². The number of nitrogens with one attached hydrogen (secondary N) is 1. The first-order chi connectivity index (χ1) is 13.8. The van der Waals surface area contributed by atoms with Crippen LogP contribution in [-0.4, -0.2) is 55.2 Å². The van der Waals surface area contributed by atoms with E-state index in [0.717, 1.165) is 54.4 Å². The molecule has 0 aliphatic carbocycles. The SMILES string of the molecule is O=C(NCCN1CCOCC1)c1csc(COc2cccc3ccccc23)n1. The lowest BCUT2D eigenvalue weighted by Gasteiger charge is -2.26. The third kappa shape index (κ3) is 4.67. The van der Waals surface area contributed by atoms with Crippen LogP contribution < -0.4 is 10.1 Å². The van der Waals surface area contributed by atoms with Gasteiger partial charge >= 0.3 is 0 Å². The molecule has 0 atom stereocenters. The zero-order chi connectivity index (χ0) is 19.2. The Morgan fingerprint density at radius 2 is 2.00 bits per heavy atom. The van der Waals surface area contributed by atoms with Gasteiger partial charge in [-0.1, -0.05) is 36.4 Å². The first kappa shape index (κ1) is 18.9. The standard InChI is InChI=1S/C21H23N3O3S/c25-21(22-8-9-24-10-12-26-13-11-24)18-15-28-20(23-18)14-27-19-7-3-5-16-4-1-2-6-17(16)19/h1-7,15H,8-14H2,(H,22,25). The molecule has 1 N–H and O–H groups in total. The third-order valence-corrected chi connectivity index (χ3v) is 5.52. The summed E-state index contributed by atoms with van der Waals surface area (Å²) in [7, 11) is 0. The van der Waals surface area contributed by atoms with Crippen molar-refractivity contribution >= 4 is 28.0 Å². The predicted molar refractivity (Wildman–Crippen MR) is 110 cm³/mol. The van der Waals surface area contributed by atoms with E-state index in [2.05, 4.69) is 27.3 Å². The molecule has 0 bridgehead atoms. The molecule has 7 heteroatoms. The molecule has 0 unspecified atom stereocenters. The van der Waals surface area contributed by atoms with E-state index in [0.29, 0.717) is 18.8 Å². The number of amides is 1. The van der Waals surface area contributed by atoms with Crippen LogP contribution in [0.1, 0.15) is 15.5 Å². The molecular formula is C21H23N3O3S. The lowest BCUT2D eigenvalue weighted by atomic mass is 10.1. The lowest BCUT2D eigenvalue weighted by molar-refractivity contribution is 0.0383. The Bertz CT molecular complexity index is 932. The van der Waals surface area contributed by atoms with Crippen LogP contribution in [0.5, 0.6) is 5.75 Å². The molecule has 4 rings (SSSR count). The number of morpholine rings is 1. The molecule has 1 saturated heterocycles. The number of carbonyl (C=O) groups excluding carboxylic acids is 1. The number of carbonyl (C=O) groups is 1. The van der Waals surface area contributed by atoms with Crippen molar-refractivity contribution < 1.29 is 14.3 Å². The van der Waals surface area contributed by atoms with Crippen molar-refractivity contribution in [3.8, 4) is 5.75 Å². The number of thiazole rings is 1. The van der Waals surface area contributed by atoms with E-state index in [1.165, 1.54) is 11.3 Å². The van der Waals surface area contributed by atoms with Gasteiger partial charge in [0.25, 0.3) is 5.91 Å². The largest absolute Gasteiger partial charge is 0.486 e. The average Bonchev–Trinajstić information content (AvgIpc) is 3.22. The number of hydrogen-bond donors (Lipinski definition) is 1. The highest BCUT2D eigenvalue weighted by atomic mass is 32.1. The van der Waals surface area contributed by atoms with Crippen LogP contribution in [0.4, 0.5) is 0 Å². The molecule has 1 aliphatic rings. The predicted octanol–water partition coefficient (Wildman–Crippen LogP) is 2.94. The summed E-state index contributed by atoms with van der Waals surface area (Å²) in [4.78, 5) is 19.0. The fraction of sp³-hybridized carbons (Fsp3) is 0.333. The van der Waals surface area contributed by atoms with Gasteiger partial charge in [-0.05, 0) is 11.5 Å². The quantitative estimate of drug-likeness (QED) is 0.664. The number of benzene rings is 2. The molecule has 1 amide bonds. The molecule has 28 heavy (non-hydrogen) atoms. The first-order valence-electron chi connectivity index (χ1n) is 9.43. The maximum atomic E-state index is 12.3. The number of nitrogens with zero attached hydrogens (tertiary/aromatic N) is 2. The van der Waals surface area contributed by atoms with Gasteiger partial charge < -0.3 is 14.8 Å². The van der Waals surface area contributed by atoms with E-state index < -0.39 is 0 Å². The van der Waals surface area contributed by atoms with Gasteiger partial charge in [0, 0.05) is 36.9 Å². The van der Waals surface area contributed by atoms with Crippen molar-refractivity contribution in [3.63, 3.8) is 0 Å². The minimum Gasteiger partial charge on any atom is -0.486 e. The Hall–Kier alpha value is -2.48. The molecule has 6 nitrogen and oxygen atoms in total. The molecule has 0 radical (unpaired) electrons. The van der Waals surface area contributed by atoms with Gasteiger partial charge in [-0.2, -0.15) is 0 Å². The van der Waals surface area contributed by atoms with Crippen LogP contribution in [0.2, 0.25) is 0 Å². The Kier molecular flexibility index (Phi) is 6.16. The Labute approximate surface area is 168 Å². The molecule has 3 aromatic rings. The molecule has 1 aliphatic heterocycles. The van der Waals surface area contributed by atoms with Gasteiger partial charge in [-0.15, -0.1) is 11.3 Å². The van der Waals surface area contributed by atoms with Crippen LogP contribution in [0.25, 0.3) is 10.8 Å². The smallest absolute Gasteiger partial charge is 0.270 e. The third-order valence-electron chi connectivity index (χ3n) is 4.70. The van der Waals surface area contributed by atoms with Gasteiger partial charge in [0.2, 0.25) is 0 Å². The van der Waals surface area contributed by atoms with E-state index >= 15 is 0 Å². The number of fused-ring (bicyclic) bond motifs is 1. The molecule has 2 aromatic carbocycles. The molecule has 1 aromatic heterocycles. The van der Waals surface area contributed by atoms with Gasteiger partial charge in [0.15, 0.2) is 0 Å². The summed E-state index contributed by atoms with van der Waals surface area (Å²) in [5.74, 6) is 0.686. The Morgan fingerprint density at radius 1 is 1.18 bits per heavy atom. The monoisotopic (exact) mass is 397 g/mol. The maximum absolute atomic E-state index is 12.3. The van der Waals surface area contributed by atoms with Crippen molar-refractivity contribution in [1.82, 2.24) is 15.2 Å². The molecule has 146 valence electrons. The van der Waals surface area contributed by atoms with E-state index in [-0.39, 0.29) is 5.91 Å². The summed E-state index contributed by atoms with van der Waals surface area (Å²) in [6.07, 6.45) is 0. The normalized spacial score (nSPS) is 14.9. The highest BCUT2D eigenvalue weighted by molar-refractivity contribution is 7.09. The Morgan fingerprint density at radius 3 is 2.89 bits per heavy atom. The van der Waals surface area contributed by atoms with Crippen molar-refractivity contribution in [2.75, 3.05) is 39.4 Å². The first-order valence-corrected chi connectivity index (χ1v) is 10.3. The van der Waals surface area contributed by atoms with Crippen molar-refractivity contribution in [1.29, 1.82) is 0 Å². The second-order valence-electron chi connectivity index (χ2n) is 6.60. The fourth-order valence-electron chi connectivity index (χ4n) is 3.19. The number of hydrogen-bond acceptors (Lipinski definition) is 6. The lowest BCUT2D eigenvalue weighted by Crippen LogP contribution is -2.41. The second kappa shape index (κ2) is 9.14. The van der Waals surface area contributed by atoms with Crippen LogP contribution in [0.15, 0.2) is 47.8 Å². The number of ether oxygens (including phenoxy) is 2. The summed E-state index contributed by atoms with van der Waals surface area (Å²) in [6, 6.07) is 14.1. The van der Waals surface area contributed by atoms with E-state index in [1.807, 2.05) is 30.3 Å². The van der Waals surface area contributed by atoms with Crippen LogP contribution in [0.3, 0.4) is 0 Å². The molecule has 0 spiro atoms. The summed E-state index contributed by atoms with van der Waals surface area (Å²) >= 11 is 1.44. The van der Waals surface area contributed by atoms with Crippen LogP contribution in [0, 0.1) is 0 Å². The van der Waals surface area contributed by atoms with Gasteiger partial charge in [-0.25, -0.2) is 4.98 Å². The van der Waals surface area contributed by atoms with Gasteiger partial charge in [0.05, 0.1) is 13.2 Å². The summed E-state index contributed by atoms with van der Waals surface area (Å²) in [6.45, 7) is 5.15. The molecular weight excluding hydrogens is 374 g/mol.